The van der Waals surface area contributed by atoms with Gasteiger partial charge in [-0.2, -0.15) is 4.31 Å². The monoisotopic (exact) mass is 758 g/mol. The maximum atomic E-state index is 14.6. The SMILES string of the molecule is C=CCNC(=O)C(=O)C(NC(=O)[C@@H]1[C@@H]2[C@H](CN1C(=O)[C@@H](NC(=O)N[C@H](CN(C)S(=O)(=O)c1cccs1)C(=C)C)C1CCCCC1)C2(C)C)C1CCC1. The van der Waals surface area contributed by atoms with Gasteiger partial charge in [-0.25, -0.2) is 13.2 Å². The van der Waals surface area contributed by atoms with Gasteiger partial charge >= 0.3 is 6.03 Å². The molecule has 13 nitrogen and oxygen atoms in total. The van der Waals surface area contributed by atoms with E-state index in [2.05, 4.69) is 48.3 Å². The van der Waals surface area contributed by atoms with Crippen LogP contribution in [0.1, 0.15) is 72.1 Å². The molecular formula is C37H54N6O7S2. The molecule has 4 N–H and O–H groups in total. The lowest BCUT2D eigenvalue weighted by molar-refractivity contribution is -0.145. The number of Topliss-reactive ketones (excluding diaryl/α,β-unsaturated/α-hetero) is 1. The van der Waals surface area contributed by atoms with E-state index in [0.717, 1.165) is 49.9 Å². The summed E-state index contributed by atoms with van der Waals surface area (Å²) in [5, 5.41) is 12.9. The number of rotatable bonds is 16. The van der Waals surface area contributed by atoms with Gasteiger partial charge in [0, 0.05) is 26.7 Å². The normalized spacial score (nSPS) is 24.4. The van der Waals surface area contributed by atoms with E-state index in [-0.39, 0.29) is 52.3 Å². The van der Waals surface area contributed by atoms with Crippen molar-refractivity contribution in [3.63, 3.8) is 0 Å². The minimum atomic E-state index is -3.78. The highest BCUT2D eigenvalue weighted by atomic mass is 32.2. The molecule has 0 spiro atoms. The molecule has 5 rings (SSSR count). The average molecular weight is 759 g/mol. The summed E-state index contributed by atoms with van der Waals surface area (Å²) in [6.07, 6.45) is 8.07. The Balaban J connectivity index is 1.34. The van der Waals surface area contributed by atoms with Crippen LogP contribution in [-0.2, 0) is 29.2 Å². The number of carbonyl (C=O) groups is 5. The van der Waals surface area contributed by atoms with Crippen molar-refractivity contribution >= 4 is 50.9 Å². The summed E-state index contributed by atoms with van der Waals surface area (Å²) in [6.45, 7) is 13.8. The van der Waals surface area contributed by atoms with Gasteiger partial charge in [-0.15, -0.1) is 17.9 Å². The second-order valence-electron chi connectivity index (χ2n) is 15.5. The van der Waals surface area contributed by atoms with Crippen molar-refractivity contribution in [3.05, 3.63) is 42.3 Å². The molecule has 3 saturated carbocycles. The number of likely N-dealkylation sites (N-methyl/N-ethyl adjacent to an activating group) is 1. The molecule has 0 radical (unpaired) electrons. The molecule has 2 heterocycles. The summed E-state index contributed by atoms with van der Waals surface area (Å²) in [5.41, 5.74) is 0.335. The molecule has 4 fully saturated rings. The van der Waals surface area contributed by atoms with Gasteiger partial charge in [0.25, 0.3) is 15.9 Å². The van der Waals surface area contributed by atoms with Crippen LogP contribution in [0.4, 0.5) is 4.79 Å². The fraction of sp³-hybridized carbons (Fsp3) is 0.649. The molecule has 0 aromatic carbocycles. The Hall–Kier alpha value is -3.56. The Morgan fingerprint density at radius 3 is 2.25 bits per heavy atom. The number of hydrogen-bond donors (Lipinski definition) is 4. The van der Waals surface area contributed by atoms with Crippen LogP contribution >= 0.6 is 11.3 Å². The Morgan fingerprint density at radius 2 is 1.67 bits per heavy atom. The molecule has 0 bridgehead atoms. The van der Waals surface area contributed by atoms with Gasteiger partial charge in [0.05, 0.1) is 6.04 Å². The first kappa shape index (κ1) is 39.6. The number of amides is 5. The zero-order valence-electron chi connectivity index (χ0n) is 30.7. The Kier molecular flexibility index (Phi) is 12.4. The third-order valence-corrected chi connectivity index (χ3v) is 15.0. The molecule has 15 heteroatoms. The molecular weight excluding hydrogens is 705 g/mol. The molecule has 1 unspecified atom stereocenters. The van der Waals surface area contributed by atoms with Gasteiger partial charge in [0.15, 0.2) is 0 Å². The van der Waals surface area contributed by atoms with E-state index in [0.29, 0.717) is 25.0 Å². The summed E-state index contributed by atoms with van der Waals surface area (Å²) >= 11 is 1.11. The van der Waals surface area contributed by atoms with E-state index in [1.807, 2.05) is 0 Å². The minimum absolute atomic E-state index is 0.0651. The number of nitrogens with zero attached hydrogens (tertiary/aromatic N) is 2. The molecule has 286 valence electrons. The van der Waals surface area contributed by atoms with Crippen LogP contribution in [0.5, 0.6) is 0 Å². The summed E-state index contributed by atoms with van der Waals surface area (Å²) in [7, 11) is -2.34. The molecule has 3 aliphatic carbocycles. The van der Waals surface area contributed by atoms with Crippen LogP contribution < -0.4 is 21.3 Å². The maximum Gasteiger partial charge on any atom is 0.315 e. The molecule has 5 amide bonds. The van der Waals surface area contributed by atoms with E-state index >= 15 is 0 Å². The summed E-state index contributed by atoms with van der Waals surface area (Å²) in [5.74, 6) is -2.71. The maximum absolute atomic E-state index is 14.6. The lowest BCUT2D eigenvalue weighted by Crippen LogP contribution is -2.62. The second kappa shape index (κ2) is 16.2. The third-order valence-electron chi connectivity index (χ3n) is 11.8. The van der Waals surface area contributed by atoms with E-state index in [1.165, 1.54) is 23.5 Å². The minimum Gasteiger partial charge on any atom is -0.346 e. The first-order valence-corrected chi connectivity index (χ1v) is 20.7. The first-order chi connectivity index (χ1) is 24.6. The number of sulfonamides is 1. The van der Waals surface area contributed by atoms with E-state index in [4.69, 9.17) is 0 Å². The lowest BCUT2D eigenvalue weighted by atomic mass is 9.77. The van der Waals surface area contributed by atoms with Crippen molar-refractivity contribution in [1.82, 2.24) is 30.5 Å². The molecule has 1 aromatic rings. The highest BCUT2D eigenvalue weighted by molar-refractivity contribution is 7.91. The molecule has 6 atom stereocenters. The van der Waals surface area contributed by atoms with Gasteiger partial charge in [0.2, 0.25) is 17.6 Å². The number of fused-ring (bicyclic) bond motifs is 1. The topological polar surface area (TPSA) is 174 Å². The van der Waals surface area contributed by atoms with Crippen molar-refractivity contribution in [2.24, 2.45) is 29.1 Å². The zero-order valence-corrected chi connectivity index (χ0v) is 32.3. The van der Waals surface area contributed by atoms with Crippen molar-refractivity contribution in [2.75, 3.05) is 26.7 Å². The van der Waals surface area contributed by atoms with E-state index in [9.17, 15) is 32.4 Å². The Bertz CT molecular complexity index is 1650. The quantitative estimate of drug-likeness (QED) is 0.148. The summed E-state index contributed by atoms with van der Waals surface area (Å²) in [4.78, 5) is 70.1. The van der Waals surface area contributed by atoms with Crippen molar-refractivity contribution in [1.29, 1.82) is 0 Å². The van der Waals surface area contributed by atoms with Crippen LogP contribution in [-0.4, -0.2) is 98.0 Å². The number of piperidine rings is 1. The van der Waals surface area contributed by atoms with Crippen molar-refractivity contribution in [3.8, 4) is 0 Å². The molecule has 4 aliphatic rings. The number of nitrogens with one attached hydrogen (secondary N) is 4. The van der Waals surface area contributed by atoms with Gasteiger partial charge in [0.1, 0.15) is 22.3 Å². The van der Waals surface area contributed by atoms with Crippen LogP contribution in [0.15, 0.2) is 46.5 Å². The number of hydrogen-bond acceptors (Lipinski definition) is 8. The van der Waals surface area contributed by atoms with Crippen LogP contribution in [0.2, 0.25) is 0 Å². The highest BCUT2D eigenvalue weighted by Crippen LogP contribution is 2.65. The largest absolute Gasteiger partial charge is 0.346 e. The van der Waals surface area contributed by atoms with E-state index < -0.39 is 57.8 Å². The van der Waals surface area contributed by atoms with Crippen molar-refractivity contribution < 1.29 is 32.4 Å². The number of likely N-dealkylation sites (tertiary alicyclic amines) is 1. The fourth-order valence-corrected chi connectivity index (χ4v) is 10.6. The molecule has 1 saturated heterocycles. The predicted molar refractivity (Wildman–Crippen MR) is 199 cm³/mol. The number of carbonyl (C=O) groups excluding carboxylic acids is 5. The first-order valence-electron chi connectivity index (χ1n) is 18.4. The fourth-order valence-electron chi connectivity index (χ4n) is 8.23. The Labute approximate surface area is 311 Å². The van der Waals surface area contributed by atoms with E-state index in [1.54, 1.807) is 23.3 Å². The lowest BCUT2D eigenvalue weighted by Gasteiger charge is -2.38. The number of thiophene rings is 1. The highest BCUT2D eigenvalue weighted by Gasteiger charge is 2.70. The third kappa shape index (κ3) is 8.31. The van der Waals surface area contributed by atoms with Crippen LogP contribution in [0.3, 0.4) is 0 Å². The predicted octanol–water partition coefficient (Wildman–Crippen LogP) is 3.20. The number of ketones is 1. The molecule has 1 aromatic heterocycles. The van der Waals surface area contributed by atoms with Crippen LogP contribution in [0.25, 0.3) is 0 Å². The smallest absolute Gasteiger partial charge is 0.315 e. The number of urea groups is 1. The molecule has 1 aliphatic heterocycles. The second-order valence-corrected chi connectivity index (χ2v) is 18.8. The van der Waals surface area contributed by atoms with Gasteiger partial charge in [-0.05, 0) is 73.1 Å². The van der Waals surface area contributed by atoms with Gasteiger partial charge < -0.3 is 26.2 Å². The van der Waals surface area contributed by atoms with Gasteiger partial charge in [-0.3, -0.25) is 19.2 Å². The van der Waals surface area contributed by atoms with Gasteiger partial charge in [-0.1, -0.05) is 63.8 Å². The van der Waals surface area contributed by atoms with Crippen LogP contribution in [0, 0.1) is 29.1 Å². The standard InChI is InChI=1S/C37H54N6O7S2/c1-7-18-38-34(46)32(44)29(23-15-11-16-23)40-33(45)31-28-25(37(28,4)5)20-43(31)35(47)30(24-13-9-8-10-14-24)41-36(48)39-26(22(2)3)21-42(6)52(49,50)27-17-12-19-51-27/h7,12,17,19,23-26,28-31H,1-2,8-11,13-16,18,20-21H2,3-6H3,(H,38,46)(H,40,45)(H2,39,41,48)/t25-,26+,28-,29?,30-,31-/m0/s1. The average Bonchev–Trinajstić information content (AvgIpc) is 3.54. The summed E-state index contributed by atoms with van der Waals surface area (Å²) in [6, 6.07) is -0.988. The Morgan fingerprint density at radius 1 is 1.02 bits per heavy atom. The summed E-state index contributed by atoms with van der Waals surface area (Å²) < 4.78 is 27.6. The van der Waals surface area contributed by atoms with Crippen molar-refractivity contribution in [2.45, 2.75) is 101 Å². The zero-order chi connectivity index (χ0) is 38.0. The molecule has 52 heavy (non-hydrogen) atoms.